The summed E-state index contributed by atoms with van der Waals surface area (Å²) in [5.74, 6) is -0.295. The minimum Gasteiger partial charge on any atom is -0.323 e. The van der Waals surface area contributed by atoms with Crippen molar-refractivity contribution in [2.24, 2.45) is 5.73 Å². The summed E-state index contributed by atoms with van der Waals surface area (Å²) in [6, 6.07) is 6.73. The first kappa shape index (κ1) is 18.1. The van der Waals surface area contributed by atoms with Crippen LogP contribution in [-0.4, -0.2) is 24.7 Å². The highest BCUT2D eigenvalue weighted by Crippen LogP contribution is 2.56. The maximum absolute atomic E-state index is 12.9. The molecule has 0 radical (unpaired) electrons. The summed E-state index contributed by atoms with van der Waals surface area (Å²) >= 11 is 0. The predicted octanol–water partition coefficient (Wildman–Crippen LogP) is 3.22. The number of nitrogens with two attached hydrogens (primary N) is 1. The molecule has 0 amide bonds. The Morgan fingerprint density at radius 1 is 1.24 bits per heavy atom. The van der Waals surface area contributed by atoms with Gasteiger partial charge in [-0.3, -0.25) is 9.36 Å². The summed E-state index contributed by atoms with van der Waals surface area (Å²) in [7, 11) is -3.60. The fourth-order valence-electron chi connectivity index (χ4n) is 2.36. The third-order valence-corrected chi connectivity index (χ3v) is 5.87. The maximum Gasteiger partial charge on any atom is 0.343 e. The van der Waals surface area contributed by atoms with Crippen LogP contribution in [0.4, 0.5) is 0 Å². The van der Waals surface area contributed by atoms with Gasteiger partial charge in [-0.15, -0.1) is 0 Å². The lowest BCUT2D eigenvalue weighted by atomic mass is 9.98. The molecular weight excluding hydrogens is 289 g/mol. The van der Waals surface area contributed by atoms with Gasteiger partial charge in [-0.25, -0.2) is 0 Å². The van der Waals surface area contributed by atoms with Crippen molar-refractivity contribution < 1.29 is 18.4 Å². The van der Waals surface area contributed by atoms with Crippen molar-refractivity contribution in [2.75, 3.05) is 13.2 Å². The lowest BCUT2D eigenvalue weighted by Crippen LogP contribution is -2.34. The van der Waals surface area contributed by atoms with E-state index in [2.05, 4.69) is 0 Å². The molecule has 0 aliphatic rings. The van der Waals surface area contributed by atoms with Crippen LogP contribution in [-0.2, 0) is 18.4 Å². The van der Waals surface area contributed by atoms with Gasteiger partial charge in [-0.1, -0.05) is 24.3 Å². The summed E-state index contributed by atoms with van der Waals surface area (Å²) in [5.41, 5.74) is 6.95. The minimum atomic E-state index is -3.60. The van der Waals surface area contributed by atoms with E-state index in [1.165, 1.54) is 6.92 Å². The SMILES string of the molecule is CCOP(=O)(OCC)C(C(C)=O)C(N)c1ccccc1C. The molecule has 2 N–H and O–H groups in total. The second kappa shape index (κ2) is 7.85. The Balaban J connectivity index is 3.25. The van der Waals surface area contributed by atoms with Crippen LogP contribution in [0.15, 0.2) is 24.3 Å². The number of ketones is 1. The highest BCUT2D eigenvalue weighted by molar-refractivity contribution is 7.55. The number of Topliss-reactive ketones (excluding diaryl/α,β-unsaturated/α-hetero) is 1. The topological polar surface area (TPSA) is 78.6 Å². The lowest BCUT2D eigenvalue weighted by molar-refractivity contribution is -0.117. The van der Waals surface area contributed by atoms with E-state index in [4.69, 9.17) is 14.8 Å². The minimum absolute atomic E-state index is 0.196. The molecule has 2 unspecified atom stereocenters. The Hall–Kier alpha value is -1.00. The molecule has 0 aromatic heterocycles. The van der Waals surface area contributed by atoms with Crippen LogP contribution in [0.25, 0.3) is 0 Å². The maximum atomic E-state index is 12.9. The van der Waals surface area contributed by atoms with Crippen LogP contribution in [0.2, 0.25) is 0 Å². The highest BCUT2D eigenvalue weighted by Gasteiger charge is 2.43. The quantitative estimate of drug-likeness (QED) is 0.745. The highest BCUT2D eigenvalue weighted by atomic mass is 31.2. The van der Waals surface area contributed by atoms with Crippen molar-refractivity contribution in [3.05, 3.63) is 35.4 Å². The Labute approximate surface area is 126 Å². The van der Waals surface area contributed by atoms with E-state index in [-0.39, 0.29) is 19.0 Å². The second-order valence-corrected chi connectivity index (χ2v) is 6.97. The standard InChI is InChI=1S/C15H24NO4P/c1-5-19-21(18,20-6-2)15(12(4)17)14(16)13-10-8-7-9-11(13)3/h7-10,14-15H,5-6,16H2,1-4H3. The zero-order chi connectivity index (χ0) is 16.0. The van der Waals surface area contributed by atoms with Gasteiger partial charge >= 0.3 is 7.60 Å². The van der Waals surface area contributed by atoms with Crippen molar-refractivity contribution in [1.82, 2.24) is 0 Å². The first-order valence-corrected chi connectivity index (χ1v) is 8.68. The molecule has 5 nitrogen and oxygen atoms in total. The first-order chi connectivity index (χ1) is 9.87. The van der Waals surface area contributed by atoms with Crippen molar-refractivity contribution in [3.8, 4) is 0 Å². The number of aryl methyl sites for hydroxylation is 1. The number of benzene rings is 1. The monoisotopic (exact) mass is 313 g/mol. The molecule has 0 saturated carbocycles. The third kappa shape index (κ3) is 4.24. The van der Waals surface area contributed by atoms with E-state index in [1.54, 1.807) is 13.8 Å². The molecule has 0 aliphatic carbocycles. The van der Waals surface area contributed by atoms with Crippen molar-refractivity contribution in [1.29, 1.82) is 0 Å². The van der Waals surface area contributed by atoms with Crippen molar-refractivity contribution >= 4 is 13.4 Å². The van der Waals surface area contributed by atoms with Crippen LogP contribution in [0.1, 0.15) is 37.9 Å². The van der Waals surface area contributed by atoms with Gasteiger partial charge in [0.15, 0.2) is 0 Å². The Morgan fingerprint density at radius 2 is 1.76 bits per heavy atom. The predicted molar refractivity (Wildman–Crippen MR) is 83.4 cm³/mol. The van der Waals surface area contributed by atoms with Crippen LogP contribution in [0.3, 0.4) is 0 Å². The Bertz CT molecular complexity index is 522. The van der Waals surface area contributed by atoms with Gasteiger partial charge in [0, 0.05) is 0 Å². The van der Waals surface area contributed by atoms with E-state index in [0.717, 1.165) is 11.1 Å². The average Bonchev–Trinajstić information content (AvgIpc) is 2.39. The van der Waals surface area contributed by atoms with Gasteiger partial charge in [0.05, 0.1) is 19.3 Å². The molecule has 2 atom stereocenters. The number of rotatable bonds is 8. The van der Waals surface area contributed by atoms with Gasteiger partial charge in [-0.05, 0) is 38.8 Å². The van der Waals surface area contributed by atoms with E-state index < -0.39 is 19.3 Å². The molecule has 0 heterocycles. The summed E-state index contributed by atoms with van der Waals surface area (Å²) in [4.78, 5) is 12.1. The van der Waals surface area contributed by atoms with Gasteiger partial charge in [0.2, 0.25) is 0 Å². The molecular formula is C15H24NO4P. The molecule has 0 fully saturated rings. The fourth-order valence-corrected chi connectivity index (χ4v) is 4.48. The molecule has 6 heteroatoms. The van der Waals surface area contributed by atoms with Crippen LogP contribution < -0.4 is 5.73 Å². The number of carbonyl (C=O) groups excluding carboxylic acids is 1. The third-order valence-electron chi connectivity index (χ3n) is 3.26. The number of hydrogen-bond donors (Lipinski definition) is 1. The van der Waals surface area contributed by atoms with Gasteiger partial charge in [0.25, 0.3) is 0 Å². The smallest absolute Gasteiger partial charge is 0.323 e. The van der Waals surface area contributed by atoms with E-state index in [0.29, 0.717) is 0 Å². The second-order valence-electron chi connectivity index (χ2n) is 4.81. The Kier molecular flexibility index (Phi) is 6.75. The largest absolute Gasteiger partial charge is 0.343 e. The van der Waals surface area contributed by atoms with Gasteiger partial charge < -0.3 is 14.8 Å². The van der Waals surface area contributed by atoms with Gasteiger partial charge in [-0.2, -0.15) is 0 Å². The molecule has 118 valence electrons. The van der Waals surface area contributed by atoms with Crippen LogP contribution >= 0.6 is 7.60 Å². The van der Waals surface area contributed by atoms with E-state index in [1.807, 2.05) is 31.2 Å². The molecule has 1 aromatic carbocycles. The van der Waals surface area contributed by atoms with E-state index in [9.17, 15) is 9.36 Å². The lowest BCUT2D eigenvalue weighted by Gasteiger charge is -2.29. The summed E-state index contributed by atoms with van der Waals surface area (Å²) in [6.45, 7) is 7.08. The molecule has 21 heavy (non-hydrogen) atoms. The number of carbonyl (C=O) groups is 1. The normalized spacial score (nSPS) is 14.7. The van der Waals surface area contributed by atoms with Crippen molar-refractivity contribution in [3.63, 3.8) is 0 Å². The summed E-state index contributed by atoms with van der Waals surface area (Å²) in [5, 5.41) is 0. The Morgan fingerprint density at radius 3 is 2.19 bits per heavy atom. The molecule has 1 aromatic rings. The zero-order valence-corrected chi connectivity index (χ0v) is 13.9. The number of hydrogen-bond acceptors (Lipinski definition) is 5. The summed E-state index contributed by atoms with van der Waals surface area (Å²) < 4.78 is 23.6. The average molecular weight is 313 g/mol. The zero-order valence-electron chi connectivity index (χ0n) is 13.0. The van der Waals surface area contributed by atoms with Crippen LogP contribution in [0, 0.1) is 6.92 Å². The molecule has 0 spiro atoms. The fraction of sp³-hybridized carbons (Fsp3) is 0.533. The molecule has 0 aliphatic heterocycles. The van der Waals surface area contributed by atoms with Crippen LogP contribution in [0.5, 0.6) is 0 Å². The molecule has 0 bridgehead atoms. The molecule has 1 rings (SSSR count). The van der Waals surface area contributed by atoms with Crippen molar-refractivity contribution in [2.45, 2.75) is 39.4 Å². The molecule has 0 saturated heterocycles. The van der Waals surface area contributed by atoms with Gasteiger partial charge in [0.1, 0.15) is 11.4 Å². The summed E-state index contributed by atoms with van der Waals surface area (Å²) in [6.07, 6.45) is 0. The van der Waals surface area contributed by atoms with E-state index >= 15 is 0 Å². The first-order valence-electron chi connectivity index (χ1n) is 7.07.